The molecule has 2 aromatic rings. The molecule has 0 aliphatic carbocycles. The molecule has 0 unspecified atom stereocenters. The van der Waals surface area contributed by atoms with Gasteiger partial charge in [0.25, 0.3) is 0 Å². The van der Waals surface area contributed by atoms with Crippen LogP contribution in [0.5, 0.6) is 0 Å². The first-order valence-electron chi connectivity index (χ1n) is 6.40. The highest BCUT2D eigenvalue weighted by Gasteiger charge is 2.18. The highest BCUT2D eigenvalue weighted by atomic mass is 16.6. The molecule has 0 atom stereocenters. The number of hydrogen-bond acceptors (Lipinski definition) is 4. The second kappa shape index (κ2) is 6.49. The van der Waals surface area contributed by atoms with E-state index in [1.807, 2.05) is 41.4 Å². The van der Waals surface area contributed by atoms with Crippen LogP contribution in [0.25, 0.3) is 12.2 Å². The standard InChI is InChI=1S/C15H13N3O4/c1-10(9-11-5-3-2-4-6-11)7-8-12-13(18(21)22)14(19)17-15(20)16-12/h2-9H,1H3,(H2,16,17,19,20)/b8-7-,10-9+. The van der Waals surface area contributed by atoms with Crippen LogP contribution < -0.4 is 11.2 Å². The van der Waals surface area contributed by atoms with Crippen LogP contribution in [0.1, 0.15) is 18.2 Å². The summed E-state index contributed by atoms with van der Waals surface area (Å²) < 4.78 is 0. The summed E-state index contributed by atoms with van der Waals surface area (Å²) in [4.78, 5) is 36.9. The van der Waals surface area contributed by atoms with Crippen molar-refractivity contribution in [3.63, 3.8) is 0 Å². The van der Waals surface area contributed by atoms with Crippen molar-refractivity contribution in [1.29, 1.82) is 0 Å². The summed E-state index contributed by atoms with van der Waals surface area (Å²) in [6, 6.07) is 9.50. The van der Waals surface area contributed by atoms with Gasteiger partial charge in [-0.15, -0.1) is 0 Å². The van der Waals surface area contributed by atoms with E-state index in [1.54, 1.807) is 13.0 Å². The highest BCUT2D eigenvalue weighted by Crippen LogP contribution is 2.13. The third-order valence-electron chi connectivity index (χ3n) is 2.83. The monoisotopic (exact) mass is 299 g/mol. The van der Waals surface area contributed by atoms with E-state index in [0.717, 1.165) is 11.1 Å². The Morgan fingerprint density at radius 1 is 1.18 bits per heavy atom. The zero-order valence-electron chi connectivity index (χ0n) is 11.7. The quantitative estimate of drug-likeness (QED) is 0.511. The second-order valence-electron chi connectivity index (χ2n) is 4.56. The lowest BCUT2D eigenvalue weighted by molar-refractivity contribution is -0.386. The number of allylic oxidation sites excluding steroid dienone is 2. The van der Waals surface area contributed by atoms with Crippen LogP contribution in [0.15, 0.2) is 51.6 Å². The normalized spacial score (nSPS) is 11.8. The van der Waals surface area contributed by atoms with Crippen molar-refractivity contribution in [2.45, 2.75) is 6.92 Å². The van der Waals surface area contributed by atoms with Gasteiger partial charge in [0.1, 0.15) is 5.69 Å². The van der Waals surface area contributed by atoms with Gasteiger partial charge >= 0.3 is 16.9 Å². The lowest BCUT2D eigenvalue weighted by atomic mass is 10.1. The van der Waals surface area contributed by atoms with Gasteiger partial charge in [0, 0.05) is 0 Å². The van der Waals surface area contributed by atoms with Gasteiger partial charge in [-0.3, -0.25) is 19.9 Å². The molecule has 0 aliphatic rings. The number of hydrogen-bond donors (Lipinski definition) is 2. The minimum atomic E-state index is -1.03. The number of rotatable bonds is 4. The van der Waals surface area contributed by atoms with Gasteiger partial charge in [0.05, 0.1) is 4.92 Å². The Labute approximate surface area is 124 Å². The summed E-state index contributed by atoms with van der Waals surface area (Å²) in [5, 5.41) is 10.9. The van der Waals surface area contributed by atoms with E-state index in [-0.39, 0.29) is 5.69 Å². The summed E-state index contributed by atoms with van der Waals surface area (Å²) in [5.74, 6) is 0. The van der Waals surface area contributed by atoms with Crippen molar-refractivity contribution >= 4 is 17.8 Å². The van der Waals surface area contributed by atoms with Crippen LogP contribution >= 0.6 is 0 Å². The summed E-state index contributed by atoms with van der Waals surface area (Å²) >= 11 is 0. The fourth-order valence-electron chi connectivity index (χ4n) is 1.87. The number of nitrogens with zero attached hydrogens (tertiary/aromatic N) is 1. The fraction of sp³-hybridized carbons (Fsp3) is 0.0667. The molecule has 1 aromatic heterocycles. The smallest absolute Gasteiger partial charge is 0.301 e. The molecule has 112 valence electrons. The molecule has 0 amide bonds. The van der Waals surface area contributed by atoms with Crippen LogP contribution in [0.2, 0.25) is 0 Å². The third kappa shape index (κ3) is 3.66. The van der Waals surface area contributed by atoms with Crippen molar-refractivity contribution < 1.29 is 4.92 Å². The van der Waals surface area contributed by atoms with Crippen LogP contribution in [0.4, 0.5) is 5.69 Å². The van der Waals surface area contributed by atoms with Crippen molar-refractivity contribution in [1.82, 2.24) is 9.97 Å². The molecule has 0 saturated carbocycles. The predicted octanol–water partition coefficient (Wildman–Crippen LogP) is 2.09. The predicted molar refractivity (Wildman–Crippen MR) is 83.5 cm³/mol. The molecule has 7 nitrogen and oxygen atoms in total. The molecule has 2 N–H and O–H groups in total. The third-order valence-corrected chi connectivity index (χ3v) is 2.83. The molecule has 7 heteroatoms. The van der Waals surface area contributed by atoms with E-state index in [9.17, 15) is 19.7 Å². The topological polar surface area (TPSA) is 109 Å². The van der Waals surface area contributed by atoms with E-state index in [2.05, 4.69) is 4.98 Å². The van der Waals surface area contributed by atoms with Gasteiger partial charge in [0.15, 0.2) is 0 Å². The molecule has 0 spiro atoms. The molecular formula is C15H13N3O4. The van der Waals surface area contributed by atoms with Crippen LogP contribution in [-0.2, 0) is 0 Å². The Hall–Kier alpha value is -3.22. The number of nitrogens with one attached hydrogen (secondary N) is 2. The summed E-state index contributed by atoms with van der Waals surface area (Å²) in [6.07, 6.45) is 4.79. The van der Waals surface area contributed by atoms with E-state index >= 15 is 0 Å². The Bertz CT molecular complexity index is 860. The summed E-state index contributed by atoms with van der Waals surface area (Å²) in [5.41, 5.74) is -0.874. The van der Waals surface area contributed by atoms with Crippen LogP contribution in [0, 0.1) is 10.1 Å². The van der Waals surface area contributed by atoms with Gasteiger partial charge in [-0.1, -0.05) is 48.1 Å². The first-order valence-corrected chi connectivity index (χ1v) is 6.40. The lowest BCUT2D eigenvalue weighted by Gasteiger charge is -1.97. The molecule has 1 aromatic carbocycles. The fourth-order valence-corrected chi connectivity index (χ4v) is 1.87. The Morgan fingerprint density at radius 2 is 1.86 bits per heavy atom. The Kier molecular flexibility index (Phi) is 4.47. The number of H-pyrrole nitrogens is 2. The maximum Gasteiger partial charge on any atom is 0.357 e. The van der Waals surface area contributed by atoms with Crippen molar-refractivity contribution in [3.05, 3.63) is 84.2 Å². The van der Waals surface area contributed by atoms with Gasteiger partial charge < -0.3 is 4.98 Å². The van der Waals surface area contributed by atoms with Crippen molar-refractivity contribution in [2.24, 2.45) is 0 Å². The SMILES string of the molecule is CC(/C=C\c1[nH]c(=O)[nH]c(=O)c1[N+](=O)[O-])=C\c1ccccc1. The lowest BCUT2D eigenvalue weighted by Crippen LogP contribution is -2.25. The summed E-state index contributed by atoms with van der Waals surface area (Å²) in [6.45, 7) is 1.81. The number of benzene rings is 1. The largest absolute Gasteiger partial charge is 0.357 e. The van der Waals surface area contributed by atoms with E-state index in [0.29, 0.717) is 0 Å². The molecule has 0 bridgehead atoms. The molecule has 1 heterocycles. The van der Waals surface area contributed by atoms with Crippen LogP contribution in [-0.4, -0.2) is 14.9 Å². The van der Waals surface area contributed by atoms with E-state index in [1.165, 1.54) is 6.08 Å². The highest BCUT2D eigenvalue weighted by molar-refractivity contribution is 5.62. The zero-order valence-corrected chi connectivity index (χ0v) is 11.7. The Morgan fingerprint density at radius 3 is 2.50 bits per heavy atom. The average Bonchev–Trinajstić information content (AvgIpc) is 2.45. The maximum atomic E-state index is 11.5. The molecule has 0 radical (unpaired) electrons. The van der Waals surface area contributed by atoms with Crippen molar-refractivity contribution in [3.8, 4) is 0 Å². The number of aromatic nitrogens is 2. The van der Waals surface area contributed by atoms with Crippen molar-refractivity contribution in [2.75, 3.05) is 0 Å². The van der Waals surface area contributed by atoms with Crippen LogP contribution in [0.3, 0.4) is 0 Å². The second-order valence-corrected chi connectivity index (χ2v) is 4.56. The first-order chi connectivity index (χ1) is 10.5. The number of nitro groups is 1. The zero-order chi connectivity index (χ0) is 16.1. The minimum absolute atomic E-state index is 0.139. The first kappa shape index (κ1) is 15.2. The van der Waals surface area contributed by atoms with E-state index < -0.39 is 21.9 Å². The van der Waals surface area contributed by atoms with Gasteiger partial charge in [0.2, 0.25) is 0 Å². The minimum Gasteiger partial charge on any atom is -0.301 e. The molecule has 22 heavy (non-hydrogen) atoms. The average molecular weight is 299 g/mol. The van der Waals surface area contributed by atoms with Gasteiger partial charge in [-0.2, -0.15) is 0 Å². The van der Waals surface area contributed by atoms with E-state index in [4.69, 9.17) is 0 Å². The molecule has 2 rings (SSSR count). The molecule has 0 fully saturated rings. The maximum absolute atomic E-state index is 11.5. The van der Waals surface area contributed by atoms with Gasteiger partial charge in [-0.25, -0.2) is 4.79 Å². The van der Waals surface area contributed by atoms with Gasteiger partial charge in [-0.05, 0) is 18.6 Å². The molecule has 0 saturated heterocycles. The Balaban J connectivity index is 2.38. The summed E-state index contributed by atoms with van der Waals surface area (Å²) in [7, 11) is 0. The molecule has 0 aliphatic heterocycles. The number of aromatic amines is 2. The molecular weight excluding hydrogens is 286 g/mol.